The van der Waals surface area contributed by atoms with Crippen molar-refractivity contribution in [2.45, 2.75) is 39.3 Å². The number of nitrogens with zero attached hydrogens (tertiary/aromatic N) is 2. The van der Waals surface area contributed by atoms with Crippen molar-refractivity contribution >= 4 is 12.4 Å². The Bertz CT molecular complexity index is 1000. The van der Waals surface area contributed by atoms with Crippen molar-refractivity contribution in [2.24, 2.45) is 5.92 Å². The molecule has 0 aliphatic rings. The summed E-state index contributed by atoms with van der Waals surface area (Å²) in [5.41, 5.74) is 1.50. The smallest absolute Gasteiger partial charge is 0.408 e. The van der Waals surface area contributed by atoms with E-state index in [0.717, 1.165) is 16.7 Å². The average molecular weight is 407 g/mol. The standard InChI is InChI=1S/C23H25N3O4/c1-16(2)23(15-27,24-22(28)29-14-18-9-5-4-6-10-18)21-26-25-20(30-21)13-19-11-7-8-17(3)12-19/h4-12,15-16H,13-14H2,1-3H3,(H,24,28)/t23-/m0/s1. The van der Waals surface area contributed by atoms with E-state index in [1.165, 1.54) is 0 Å². The number of ether oxygens (including phenoxy) is 1. The van der Waals surface area contributed by atoms with Crippen molar-refractivity contribution < 1.29 is 18.7 Å². The van der Waals surface area contributed by atoms with Crippen LogP contribution in [-0.4, -0.2) is 22.6 Å². The van der Waals surface area contributed by atoms with E-state index in [4.69, 9.17) is 9.15 Å². The lowest BCUT2D eigenvalue weighted by Crippen LogP contribution is -2.51. The summed E-state index contributed by atoms with van der Waals surface area (Å²) in [7, 11) is 0. The summed E-state index contributed by atoms with van der Waals surface area (Å²) in [4.78, 5) is 24.5. The maximum Gasteiger partial charge on any atom is 0.408 e. The molecule has 30 heavy (non-hydrogen) atoms. The van der Waals surface area contributed by atoms with E-state index in [1.54, 1.807) is 13.8 Å². The molecular formula is C23H25N3O4. The van der Waals surface area contributed by atoms with Gasteiger partial charge in [0.05, 0.1) is 6.42 Å². The first-order chi connectivity index (χ1) is 14.4. The van der Waals surface area contributed by atoms with Crippen molar-refractivity contribution in [3.8, 4) is 0 Å². The van der Waals surface area contributed by atoms with Crippen molar-refractivity contribution in [3.63, 3.8) is 0 Å². The van der Waals surface area contributed by atoms with Crippen LogP contribution in [0.1, 0.15) is 42.3 Å². The van der Waals surface area contributed by atoms with Crippen molar-refractivity contribution in [3.05, 3.63) is 83.1 Å². The fourth-order valence-electron chi connectivity index (χ4n) is 3.08. The first-order valence-electron chi connectivity index (χ1n) is 9.76. The second-order valence-corrected chi connectivity index (χ2v) is 7.50. The van der Waals surface area contributed by atoms with Gasteiger partial charge < -0.3 is 19.3 Å². The average Bonchev–Trinajstić information content (AvgIpc) is 3.20. The third-order valence-corrected chi connectivity index (χ3v) is 4.88. The van der Waals surface area contributed by atoms with E-state index in [0.29, 0.717) is 18.6 Å². The molecule has 0 saturated carbocycles. The number of aryl methyl sites for hydroxylation is 1. The molecule has 156 valence electrons. The first-order valence-corrected chi connectivity index (χ1v) is 9.76. The Morgan fingerprint density at radius 1 is 1.13 bits per heavy atom. The molecule has 3 aromatic rings. The maximum absolute atomic E-state index is 12.4. The number of aromatic nitrogens is 2. The van der Waals surface area contributed by atoms with Crippen LogP contribution < -0.4 is 5.32 Å². The van der Waals surface area contributed by atoms with Crippen LogP contribution in [0.4, 0.5) is 4.79 Å². The lowest BCUT2D eigenvalue weighted by molar-refractivity contribution is -0.116. The summed E-state index contributed by atoms with van der Waals surface area (Å²) < 4.78 is 11.1. The number of carbonyl (C=O) groups is 2. The highest BCUT2D eigenvalue weighted by molar-refractivity contribution is 5.77. The highest BCUT2D eigenvalue weighted by Gasteiger charge is 2.43. The van der Waals surface area contributed by atoms with Gasteiger partial charge in [-0.1, -0.05) is 74.0 Å². The molecule has 0 aliphatic heterocycles. The zero-order chi connectivity index (χ0) is 21.6. The second kappa shape index (κ2) is 9.35. The van der Waals surface area contributed by atoms with Gasteiger partial charge in [-0.15, -0.1) is 10.2 Å². The van der Waals surface area contributed by atoms with E-state index < -0.39 is 11.6 Å². The quantitative estimate of drug-likeness (QED) is 0.568. The fourth-order valence-corrected chi connectivity index (χ4v) is 3.08. The van der Waals surface area contributed by atoms with Crippen LogP contribution in [0.5, 0.6) is 0 Å². The van der Waals surface area contributed by atoms with Crippen molar-refractivity contribution in [1.29, 1.82) is 0 Å². The minimum absolute atomic E-state index is 0.0341. The van der Waals surface area contributed by atoms with Crippen LogP contribution in [0.25, 0.3) is 0 Å². The Kier molecular flexibility index (Phi) is 6.61. The minimum Gasteiger partial charge on any atom is -0.445 e. The number of hydrogen-bond donors (Lipinski definition) is 1. The summed E-state index contributed by atoms with van der Waals surface area (Å²) in [6.07, 6.45) is 0.309. The number of nitrogens with one attached hydrogen (secondary N) is 1. The minimum atomic E-state index is -1.48. The molecule has 0 radical (unpaired) electrons. The molecule has 1 aromatic heterocycles. The number of hydrogen-bond acceptors (Lipinski definition) is 6. The number of aldehydes is 1. The molecule has 7 nitrogen and oxygen atoms in total. The zero-order valence-corrected chi connectivity index (χ0v) is 17.3. The molecule has 0 fully saturated rings. The van der Waals surface area contributed by atoms with Gasteiger partial charge in [-0.2, -0.15) is 0 Å². The second-order valence-electron chi connectivity index (χ2n) is 7.50. The maximum atomic E-state index is 12.4. The van der Waals surface area contributed by atoms with Gasteiger partial charge in [0.25, 0.3) is 0 Å². The van der Waals surface area contributed by atoms with Crippen LogP contribution in [0, 0.1) is 12.8 Å². The van der Waals surface area contributed by atoms with Gasteiger partial charge in [0.1, 0.15) is 6.61 Å². The Labute approximate surface area is 175 Å². The lowest BCUT2D eigenvalue weighted by Gasteiger charge is -2.28. The highest BCUT2D eigenvalue weighted by Crippen LogP contribution is 2.27. The molecule has 3 rings (SSSR count). The molecule has 0 aliphatic carbocycles. The van der Waals surface area contributed by atoms with E-state index in [1.807, 2.05) is 61.5 Å². The molecule has 1 atom stereocenters. The van der Waals surface area contributed by atoms with E-state index in [9.17, 15) is 9.59 Å². The Hall–Kier alpha value is -3.48. The fraction of sp³-hybridized carbons (Fsp3) is 0.304. The van der Waals surface area contributed by atoms with Gasteiger partial charge in [-0.05, 0) is 24.0 Å². The van der Waals surface area contributed by atoms with Crippen LogP contribution in [0.2, 0.25) is 0 Å². The lowest BCUT2D eigenvalue weighted by atomic mass is 9.88. The third kappa shape index (κ3) is 4.92. The van der Waals surface area contributed by atoms with Crippen molar-refractivity contribution in [2.75, 3.05) is 0 Å². The summed E-state index contributed by atoms with van der Waals surface area (Å²) in [6, 6.07) is 17.2. The van der Waals surface area contributed by atoms with Gasteiger partial charge >= 0.3 is 6.09 Å². The van der Waals surface area contributed by atoms with Gasteiger partial charge in [0, 0.05) is 0 Å². The van der Waals surface area contributed by atoms with Crippen LogP contribution in [0.3, 0.4) is 0 Å². The van der Waals surface area contributed by atoms with E-state index in [-0.39, 0.29) is 18.4 Å². The van der Waals surface area contributed by atoms with Crippen LogP contribution >= 0.6 is 0 Å². The van der Waals surface area contributed by atoms with Gasteiger partial charge in [0.2, 0.25) is 11.8 Å². The summed E-state index contributed by atoms with van der Waals surface area (Å²) >= 11 is 0. The van der Waals surface area contributed by atoms with Crippen LogP contribution in [0.15, 0.2) is 59.0 Å². The predicted octanol–water partition coefficient (Wildman–Crippen LogP) is 3.95. The third-order valence-electron chi connectivity index (χ3n) is 4.88. The molecule has 0 unspecified atom stereocenters. The zero-order valence-electron chi connectivity index (χ0n) is 17.3. The molecular weight excluding hydrogens is 382 g/mol. The molecule has 0 bridgehead atoms. The summed E-state index contributed by atoms with van der Waals surface area (Å²) in [6.45, 7) is 5.67. The van der Waals surface area contributed by atoms with E-state index >= 15 is 0 Å². The molecule has 2 aromatic carbocycles. The Balaban J connectivity index is 1.75. The summed E-state index contributed by atoms with van der Waals surface area (Å²) in [5, 5.41) is 10.8. The van der Waals surface area contributed by atoms with Crippen molar-refractivity contribution in [1.82, 2.24) is 15.5 Å². The number of carbonyl (C=O) groups excluding carboxylic acids is 2. The molecule has 1 amide bonds. The van der Waals surface area contributed by atoms with Crippen LogP contribution in [-0.2, 0) is 28.1 Å². The highest BCUT2D eigenvalue weighted by atomic mass is 16.5. The number of amides is 1. The Morgan fingerprint density at radius 2 is 1.87 bits per heavy atom. The number of alkyl carbamates (subject to hydrolysis) is 1. The molecule has 7 heteroatoms. The van der Waals surface area contributed by atoms with E-state index in [2.05, 4.69) is 15.5 Å². The summed E-state index contributed by atoms with van der Waals surface area (Å²) in [5.74, 6) is 0.0558. The molecule has 1 heterocycles. The molecule has 1 N–H and O–H groups in total. The number of rotatable bonds is 8. The van der Waals surface area contributed by atoms with Gasteiger partial charge in [-0.25, -0.2) is 4.79 Å². The predicted molar refractivity (Wildman–Crippen MR) is 111 cm³/mol. The van der Waals surface area contributed by atoms with Gasteiger partial charge in [0.15, 0.2) is 11.8 Å². The molecule has 0 spiro atoms. The normalized spacial score (nSPS) is 12.9. The first kappa shape index (κ1) is 21.2. The monoisotopic (exact) mass is 407 g/mol. The SMILES string of the molecule is Cc1cccc(Cc2nnc([C@@](C=O)(NC(=O)OCc3ccccc3)C(C)C)o2)c1. The largest absolute Gasteiger partial charge is 0.445 e. The number of benzene rings is 2. The van der Waals surface area contributed by atoms with Gasteiger partial charge in [-0.3, -0.25) is 0 Å². The molecule has 0 saturated heterocycles. The Morgan fingerprint density at radius 3 is 2.53 bits per heavy atom. The topological polar surface area (TPSA) is 94.3 Å².